The molecule has 3 unspecified atom stereocenters. The number of aliphatic hydroxyl groups excluding tert-OH is 1. The topological polar surface area (TPSA) is 105 Å². The Morgan fingerprint density at radius 3 is 1.19 bits per heavy atom. The number of carbonyl (C=O) groups is 1. The highest BCUT2D eigenvalue weighted by Gasteiger charge is 2.27. The average Bonchev–Trinajstić information content (AvgIpc) is 3.29. The van der Waals surface area contributed by atoms with E-state index in [-0.39, 0.29) is 19.1 Å². The van der Waals surface area contributed by atoms with Crippen molar-refractivity contribution in [1.82, 2.24) is 5.32 Å². The van der Waals surface area contributed by atoms with Crippen molar-refractivity contribution < 1.29 is 32.9 Å². The predicted octanol–water partition coefficient (Wildman–Crippen LogP) is 17.6. The molecule has 0 saturated heterocycles. The molecule has 0 rings (SSSR count). The molecule has 0 aliphatic carbocycles. The molecule has 0 aliphatic heterocycles. The molecule has 0 radical (unpaired) electrons. The molecule has 0 saturated carbocycles. The van der Waals surface area contributed by atoms with E-state index >= 15 is 0 Å². The summed E-state index contributed by atoms with van der Waals surface area (Å²) in [6.45, 7) is 4.84. The van der Waals surface area contributed by atoms with Crippen LogP contribution in [0.1, 0.15) is 290 Å². The molecule has 0 aromatic rings. The predicted molar refractivity (Wildman–Crippen MR) is 291 cm³/mol. The van der Waals surface area contributed by atoms with Gasteiger partial charge in [0.25, 0.3) is 0 Å². The number of nitrogens with zero attached hydrogens (tertiary/aromatic N) is 1. The van der Waals surface area contributed by atoms with E-state index in [2.05, 4.69) is 31.3 Å². The van der Waals surface area contributed by atoms with Gasteiger partial charge in [-0.1, -0.05) is 276 Å². The number of aliphatic hydroxyl groups is 1. The number of rotatable bonds is 54. The van der Waals surface area contributed by atoms with Gasteiger partial charge >= 0.3 is 7.82 Å². The number of phosphoric acid groups is 1. The van der Waals surface area contributed by atoms with Crippen molar-refractivity contribution in [2.75, 3.05) is 40.9 Å². The van der Waals surface area contributed by atoms with Gasteiger partial charge < -0.3 is 19.8 Å². The van der Waals surface area contributed by atoms with Crippen LogP contribution in [0.3, 0.4) is 0 Å². The van der Waals surface area contributed by atoms with Gasteiger partial charge in [-0.2, -0.15) is 0 Å². The van der Waals surface area contributed by atoms with Gasteiger partial charge in [-0.15, -0.1) is 0 Å². The molecule has 67 heavy (non-hydrogen) atoms. The number of unbranched alkanes of at least 4 members (excludes halogenated alkanes) is 39. The van der Waals surface area contributed by atoms with E-state index in [1.807, 2.05) is 27.2 Å². The lowest BCUT2D eigenvalue weighted by atomic mass is 10.0. The Balaban J connectivity index is 4.18. The molecular weight excluding hydrogens is 852 g/mol. The second-order valence-electron chi connectivity index (χ2n) is 21.4. The largest absolute Gasteiger partial charge is 0.472 e. The van der Waals surface area contributed by atoms with Crippen molar-refractivity contribution in [2.24, 2.45) is 0 Å². The number of carbonyl (C=O) groups excluding carboxylic acids is 1. The maximum Gasteiger partial charge on any atom is 0.472 e. The van der Waals surface area contributed by atoms with Gasteiger partial charge in [0.05, 0.1) is 39.9 Å². The van der Waals surface area contributed by atoms with Crippen LogP contribution >= 0.6 is 7.82 Å². The van der Waals surface area contributed by atoms with Gasteiger partial charge in [0.15, 0.2) is 0 Å². The van der Waals surface area contributed by atoms with E-state index in [1.54, 1.807) is 6.08 Å². The second-order valence-corrected chi connectivity index (χ2v) is 22.8. The van der Waals surface area contributed by atoms with Crippen LogP contribution in [0, 0.1) is 0 Å². The minimum absolute atomic E-state index is 0.0588. The van der Waals surface area contributed by atoms with Crippen molar-refractivity contribution in [1.29, 1.82) is 0 Å². The van der Waals surface area contributed by atoms with Crippen LogP contribution in [0.5, 0.6) is 0 Å². The molecule has 0 heterocycles. The summed E-state index contributed by atoms with van der Waals surface area (Å²) < 4.78 is 23.7. The molecule has 0 fully saturated rings. The maximum atomic E-state index is 13.0. The Kier molecular flexibility index (Phi) is 49.2. The monoisotopic (exact) mass is 968 g/mol. The smallest absolute Gasteiger partial charge is 0.387 e. The van der Waals surface area contributed by atoms with Crippen LogP contribution in [0.25, 0.3) is 0 Å². The number of allylic oxidation sites excluding steroid dienone is 3. The Bertz CT molecular complexity index is 1140. The molecule has 0 spiro atoms. The number of likely N-dealkylation sites (N-methyl/N-ethyl adjacent to an activating group) is 1. The SMILES string of the molecule is CCCCCCCCCCCCCCC/C=C/CC/C=C/C(O)C(COP(=O)(O)OCC[N+](C)(C)C)NC(=O)CCCCCCCCCCCCCCCCCCCCCCCCCCCC. The molecule has 3 atom stereocenters. The highest BCUT2D eigenvalue weighted by Crippen LogP contribution is 2.43. The van der Waals surface area contributed by atoms with Gasteiger partial charge in [-0.05, 0) is 32.1 Å². The molecule has 0 bridgehead atoms. The summed E-state index contributed by atoms with van der Waals surface area (Å²) in [6.07, 6.45) is 62.9. The summed E-state index contributed by atoms with van der Waals surface area (Å²) in [5, 5.41) is 13.9. The Labute approximate surface area is 417 Å². The molecule has 8 nitrogen and oxygen atoms in total. The first-order valence-electron chi connectivity index (χ1n) is 29.2. The van der Waals surface area contributed by atoms with Crippen LogP contribution in [0.2, 0.25) is 0 Å². The van der Waals surface area contributed by atoms with Crippen LogP contribution in [0.4, 0.5) is 0 Å². The number of phosphoric ester groups is 1. The molecule has 9 heteroatoms. The zero-order valence-corrected chi connectivity index (χ0v) is 46.3. The first kappa shape index (κ1) is 66.0. The third-order valence-corrected chi connectivity index (χ3v) is 14.4. The van der Waals surface area contributed by atoms with Gasteiger partial charge in [0, 0.05) is 6.42 Å². The standard InChI is InChI=1S/C58H115N2O6P/c1-6-8-10-12-14-16-18-20-22-24-26-27-28-29-30-31-32-34-36-38-40-42-44-46-48-50-52-58(62)59-56(55-66-67(63,64)65-54-53-60(3,4)5)57(61)51-49-47-45-43-41-39-37-35-33-25-23-21-19-17-15-13-11-9-7-2/h41,43,49,51,56-57,61H,6-40,42,44-48,50,52-55H2,1-5H3,(H-,59,62,63,64)/p+1/b43-41+,51-49+. The number of amides is 1. The van der Waals surface area contributed by atoms with E-state index in [4.69, 9.17) is 9.05 Å². The van der Waals surface area contributed by atoms with Crippen LogP contribution < -0.4 is 5.32 Å². The molecule has 3 N–H and O–H groups in total. The van der Waals surface area contributed by atoms with Crippen molar-refractivity contribution in [3.63, 3.8) is 0 Å². The second kappa shape index (κ2) is 49.9. The van der Waals surface area contributed by atoms with Gasteiger partial charge in [0.1, 0.15) is 13.2 Å². The van der Waals surface area contributed by atoms with E-state index in [0.717, 1.165) is 38.5 Å². The highest BCUT2D eigenvalue weighted by atomic mass is 31.2. The van der Waals surface area contributed by atoms with Crippen LogP contribution in [-0.4, -0.2) is 73.4 Å². The van der Waals surface area contributed by atoms with Gasteiger partial charge in [-0.3, -0.25) is 13.8 Å². The summed E-state index contributed by atoms with van der Waals surface area (Å²) in [5.41, 5.74) is 0. The highest BCUT2D eigenvalue weighted by molar-refractivity contribution is 7.47. The summed E-state index contributed by atoms with van der Waals surface area (Å²) >= 11 is 0. The normalized spacial score (nSPS) is 14.1. The fourth-order valence-electron chi connectivity index (χ4n) is 8.83. The summed E-state index contributed by atoms with van der Waals surface area (Å²) in [5.74, 6) is -0.180. The summed E-state index contributed by atoms with van der Waals surface area (Å²) in [7, 11) is 1.57. The van der Waals surface area contributed by atoms with Crippen LogP contribution in [-0.2, 0) is 18.4 Å². The number of nitrogens with one attached hydrogen (secondary N) is 1. The third-order valence-electron chi connectivity index (χ3n) is 13.4. The summed E-state index contributed by atoms with van der Waals surface area (Å²) in [6, 6.07) is -0.860. The molecule has 0 aromatic heterocycles. The van der Waals surface area contributed by atoms with Crippen molar-refractivity contribution >= 4 is 13.7 Å². The lowest BCUT2D eigenvalue weighted by Gasteiger charge is -2.25. The Hall–Kier alpha value is -1.02. The quantitative estimate of drug-likeness (QED) is 0.0243. The van der Waals surface area contributed by atoms with E-state index in [9.17, 15) is 19.4 Å². The molecule has 1 amide bonds. The van der Waals surface area contributed by atoms with Crippen molar-refractivity contribution in [3.05, 3.63) is 24.3 Å². The fraction of sp³-hybridized carbons (Fsp3) is 0.914. The fourth-order valence-corrected chi connectivity index (χ4v) is 9.56. The number of quaternary nitrogens is 1. The zero-order valence-electron chi connectivity index (χ0n) is 45.4. The first-order chi connectivity index (χ1) is 32.5. The molecule has 398 valence electrons. The van der Waals surface area contributed by atoms with E-state index in [0.29, 0.717) is 17.4 Å². The Morgan fingerprint density at radius 2 is 0.821 bits per heavy atom. The van der Waals surface area contributed by atoms with Crippen LogP contribution in [0.15, 0.2) is 24.3 Å². The minimum Gasteiger partial charge on any atom is -0.387 e. The van der Waals surface area contributed by atoms with E-state index in [1.165, 1.54) is 231 Å². The van der Waals surface area contributed by atoms with Gasteiger partial charge in [-0.25, -0.2) is 4.57 Å². The van der Waals surface area contributed by atoms with Gasteiger partial charge in [0.2, 0.25) is 5.91 Å². The zero-order chi connectivity index (χ0) is 49.2. The number of hydrogen-bond acceptors (Lipinski definition) is 5. The third kappa shape index (κ3) is 52.6. The number of hydrogen-bond donors (Lipinski definition) is 3. The lowest BCUT2D eigenvalue weighted by molar-refractivity contribution is -0.870. The first-order valence-corrected chi connectivity index (χ1v) is 30.7. The minimum atomic E-state index is -4.35. The van der Waals surface area contributed by atoms with Crippen molar-refractivity contribution in [2.45, 2.75) is 302 Å². The summed E-state index contributed by atoms with van der Waals surface area (Å²) in [4.78, 5) is 23.3. The van der Waals surface area contributed by atoms with Crippen molar-refractivity contribution in [3.8, 4) is 0 Å². The molecular formula is C58H116N2O6P+. The molecule has 0 aromatic carbocycles. The molecule has 0 aliphatic rings. The van der Waals surface area contributed by atoms with E-state index < -0.39 is 20.0 Å². The lowest BCUT2D eigenvalue weighted by Crippen LogP contribution is -2.45. The maximum absolute atomic E-state index is 13.0. The Morgan fingerprint density at radius 1 is 0.493 bits per heavy atom. The average molecular weight is 969 g/mol.